The summed E-state index contributed by atoms with van der Waals surface area (Å²) < 4.78 is 60.5. The Bertz CT molecular complexity index is 1560. The molecule has 17 heteroatoms. The molecule has 0 fully saturated rings. The second-order valence-electron chi connectivity index (χ2n) is 22.3. The summed E-state index contributed by atoms with van der Waals surface area (Å²) in [6.07, 6.45) is 36.2. The minimum Gasteiger partial charge on any atom is -0.412 e. The van der Waals surface area contributed by atoms with Crippen molar-refractivity contribution in [1.29, 1.82) is 0 Å². The fraction of sp³-hybridized carbons (Fsp3) is 0.730. The van der Waals surface area contributed by atoms with Gasteiger partial charge in [0.25, 0.3) is 0 Å². The Balaban J connectivity index is -0.0000000551. The molecule has 0 aliphatic heterocycles. The van der Waals surface area contributed by atoms with E-state index in [-0.39, 0.29) is 105 Å². The molecule has 4 aromatic rings. The molecular weight excluding hydrogens is 1960 g/mol. The SMILES string of the molecule is C.C.C.C.C.C.C.CC.CC.CCCCCCCCCC.CCC[CH2][Sn]([CH2]CCC)[O]C.CCC[CH2][Sn]([CH2]CCC)[O]c1ccccc1.CCC[CH2][Sn]([O]C)([O]C)[O]C.CCC[CH2][Sn][CH2]CCC.CCC[CH2][Sn][CH2]CCC.C[O][Sn]([O]C)([O]C)[O]C.O.O.c1ccccc1.c1ccccc1.c1ccccc1. The van der Waals surface area contributed by atoms with E-state index in [2.05, 4.69) is 100 Å². The van der Waals surface area contributed by atoms with Crippen molar-refractivity contribution in [3.05, 3.63) is 140 Å². The number of benzene rings is 4. The Hall–Kier alpha value is 1.07. The fourth-order valence-electron chi connectivity index (χ4n) is 7.98. The van der Waals surface area contributed by atoms with E-state index in [4.69, 9.17) is 27.7 Å². The van der Waals surface area contributed by atoms with Crippen LogP contribution in [-0.2, 0) is 24.6 Å². The molecule has 0 amide bonds. The average molecular weight is 2150 g/mol. The van der Waals surface area contributed by atoms with Crippen LogP contribution >= 0.6 is 0 Å². The topological polar surface area (TPSA) is 146 Å². The Morgan fingerprint density at radius 2 is 0.472 bits per heavy atom. The van der Waals surface area contributed by atoms with Crippen LogP contribution in [0.25, 0.3) is 0 Å². The van der Waals surface area contributed by atoms with Gasteiger partial charge >= 0.3 is 461 Å². The maximum Gasteiger partial charge on any atom is -0.0623 e. The Morgan fingerprint density at radius 1 is 0.264 bits per heavy atom. The van der Waals surface area contributed by atoms with E-state index in [9.17, 15) is 0 Å². The molecule has 0 aliphatic rings. The van der Waals surface area contributed by atoms with Crippen LogP contribution in [0.15, 0.2) is 140 Å². The van der Waals surface area contributed by atoms with E-state index in [1.54, 1.807) is 39.1 Å². The van der Waals surface area contributed by atoms with Crippen molar-refractivity contribution < 1.29 is 38.6 Å². The van der Waals surface area contributed by atoms with Crippen LogP contribution in [-0.4, -0.2) is 190 Å². The van der Waals surface area contributed by atoms with Crippen molar-refractivity contribution in [3.63, 3.8) is 0 Å². The first kappa shape index (κ1) is 148. The molecule has 0 bridgehead atoms. The van der Waals surface area contributed by atoms with E-state index >= 15 is 0 Å². The summed E-state index contributed by atoms with van der Waals surface area (Å²) in [5.41, 5.74) is 0. The molecule has 640 valence electrons. The Kier molecular flexibility index (Phi) is 198. The number of para-hydroxylation sites is 1. The number of unbranched alkanes of at least 4 members (excludes halogenated alkanes) is 16. The zero-order valence-electron chi connectivity index (χ0n) is 69.2. The zero-order chi connectivity index (χ0) is 74.5. The van der Waals surface area contributed by atoms with Crippen molar-refractivity contribution in [3.8, 4) is 5.75 Å². The molecule has 4 N–H and O–H groups in total. The summed E-state index contributed by atoms with van der Waals surface area (Å²) in [7, 11) is 13.0. The molecular formula is C89H194O11Sn6. The molecule has 4 rings (SSSR count). The molecule has 6 radical (unpaired) electrons. The van der Waals surface area contributed by atoms with Gasteiger partial charge in [0.1, 0.15) is 0 Å². The summed E-state index contributed by atoms with van der Waals surface area (Å²) in [4.78, 5) is 0. The minimum absolute atomic E-state index is 0. The van der Waals surface area contributed by atoms with E-state index in [1.165, 1.54) is 200 Å². The molecule has 0 saturated heterocycles. The van der Waals surface area contributed by atoms with Gasteiger partial charge in [-0.25, -0.2) is 0 Å². The van der Waals surface area contributed by atoms with Gasteiger partial charge in [-0.1, -0.05) is 254 Å². The molecule has 0 saturated carbocycles. The van der Waals surface area contributed by atoms with Gasteiger partial charge in [0.2, 0.25) is 0 Å². The second kappa shape index (κ2) is 141. The predicted octanol–water partition coefficient (Wildman–Crippen LogP) is 29.9. The molecule has 11 nitrogen and oxygen atoms in total. The van der Waals surface area contributed by atoms with Gasteiger partial charge in [-0.2, -0.15) is 0 Å². The van der Waals surface area contributed by atoms with Crippen molar-refractivity contribution in [1.82, 2.24) is 0 Å². The van der Waals surface area contributed by atoms with E-state index < -0.39 is 80.0 Å². The van der Waals surface area contributed by atoms with Crippen molar-refractivity contribution >= 4 is 122 Å². The molecule has 0 aliphatic carbocycles. The second-order valence-corrected chi connectivity index (χ2v) is 60.8. The molecule has 0 atom stereocenters. The summed E-state index contributed by atoms with van der Waals surface area (Å²) in [6.45, 7) is 32.9. The van der Waals surface area contributed by atoms with Crippen LogP contribution in [0.2, 0.25) is 39.9 Å². The summed E-state index contributed by atoms with van der Waals surface area (Å²) >= 11 is -8.91. The van der Waals surface area contributed by atoms with Gasteiger partial charge in [-0.15, -0.1) is 0 Å². The number of hydrogen-bond donors (Lipinski definition) is 0. The molecule has 0 aromatic heterocycles. The third-order valence-electron chi connectivity index (χ3n) is 14.1. The summed E-state index contributed by atoms with van der Waals surface area (Å²) in [6, 6.07) is 46.4. The molecule has 4 aromatic carbocycles. The number of rotatable bonds is 44. The van der Waals surface area contributed by atoms with Crippen molar-refractivity contribution in [2.24, 2.45) is 0 Å². The number of hydrogen-bond acceptors (Lipinski definition) is 9. The van der Waals surface area contributed by atoms with Gasteiger partial charge < -0.3 is 11.0 Å². The van der Waals surface area contributed by atoms with E-state index in [0.29, 0.717) is 0 Å². The van der Waals surface area contributed by atoms with Crippen LogP contribution in [0.5, 0.6) is 5.75 Å². The monoisotopic (exact) mass is 2160 g/mol. The first-order valence-electron chi connectivity index (χ1n) is 38.7. The van der Waals surface area contributed by atoms with Gasteiger partial charge in [0, 0.05) is 0 Å². The standard InChI is InChI=1S/C10H22.C6H6O.3C6H6.9C4H9.2C2H6.8CH3O.7CH4.2H2O.6Sn/c1-3-5-7-9-10-8-6-4-2;7-6-4-2-1-3-5-6;3*1-2-4-6-5-3-1;9*1-3-4-2;10*1-2;;;;;;;;;;;;;;;/h3-10H2,1-2H3;1-5,7H;3*1-6H;9*1,3-4H2,2H3;2*1-2H3;8*1H3;7*1H4;2*1H2;;;;;;/q;;;;;;;;;;;;;;;;8*-1;;;;;;;;;;;;2*+1;+3;+4/p-1. The molecule has 106 heavy (non-hydrogen) atoms. The van der Waals surface area contributed by atoms with Crippen LogP contribution in [0.4, 0.5) is 0 Å². The van der Waals surface area contributed by atoms with Crippen molar-refractivity contribution in [2.45, 2.75) is 363 Å². The predicted molar refractivity (Wildman–Crippen MR) is 500 cm³/mol. The smallest absolute Gasteiger partial charge is 0.0623 e. The maximum atomic E-state index is 6.22. The van der Waals surface area contributed by atoms with E-state index in [0.717, 1.165) is 23.0 Å². The quantitative estimate of drug-likeness (QED) is 0.0312. The molecule has 0 spiro atoms. The molecule has 0 unspecified atom stereocenters. The van der Waals surface area contributed by atoms with Crippen molar-refractivity contribution in [2.75, 3.05) is 56.9 Å². The normalized spacial score (nSPS) is 9.14. The third kappa shape index (κ3) is 129. The molecule has 0 heterocycles. The third-order valence-corrected chi connectivity index (χ3v) is 49.5. The maximum absolute atomic E-state index is 6.22. The van der Waals surface area contributed by atoms with Gasteiger partial charge in [-0.05, 0) is 0 Å². The van der Waals surface area contributed by atoms with Crippen LogP contribution < -0.4 is 3.07 Å². The first-order chi connectivity index (χ1) is 47.4. The Labute approximate surface area is 717 Å². The van der Waals surface area contributed by atoms with Crippen LogP contribution in [0, 0.1) is 0 Å². The van der Waals surface area contributed by atoms with Crippen LogP contribution in [0.1, 0.15) is 323 Å². The Morgan fingerprint density at radius 3 is 0.660 bits per heavy atom. The average Bonchev–Trinajstić information content (AvgIpc) is 0.922. The van der Waals surface area contributed by atoms with Gasteiger partial charge in [0.15, 0.2) is 0 Å². The fourth-order valence-corrected chi connectivity index (χ4v) is 37.6. The van der Waals surface area contributed by atoms with Gasteiger partial charge in [-0.3, -0.25) is 0 Å². The first-order valence-corrected chi connectivity index (χ1v) is 67.3. The summed E-state index contributed by atoms with van der Waals surface area (Å²) in [5, 5.41) is 0. The summed E-state index contributed by atoms with van der Waals surface area (Å²) in [5.74, 6) is 1.10. The minimum atomic E-state index is -3.39. The van der Waals surface area contributed by atoms with E-state index in [1.807, 2.05) is 150 Å². The zero-order valence-corrected chi connectivity index (χ0v) is 86.3. The van der Waals surface area contributed by atoms with Gasteiger partial charge in [0.05, 0.1) is 0 Å². The largest absolute Gasteiger partial charge is 0.412 e. The van der Waals surface area contributed by atoms with Crippen LogP contribution in [0.3, 0.4) is 0 Å².